The van der Waals surface area contributed by atoms with Crippen LogP contribution >= 0.6 is 11.8 Å². The molecule has 33 heavy (non-hydrogen) atoms. The molecule has 0 bridgehead atoms. The largest absolute Gasteiger partial charge is 0.416 e. The van der Waals surface area contributed by atoms with Gasteiger partial charge in [0.2, 0.25) is 0 Å². The van der Waals surface area contributed by atoms with Crippen molar-refractivity contribution in [3.63, 3.8) is 0 Å². The third-order valence-electron chi connectivity index (χ3n) is 5.40. The number of aliphatic hydroxyl groups is 1. The molecule has 0 aromatic heterocycles. The van der Waals surface area contributed by atoms with Crippen LogP contribution in [0.2, 0.25) is 0 Å². The van der Waals surface area contributed by atoms with Gasteiger partial charge in [-0.3, -0.25) is 14.7 Å². The van der Waals surface area contributed by atoms with Gasteiger partial charge < -0.3 is 10.4 Å². The van der Waals surface area contributed by atoms with Gasteiger partial charge >= 0.3 is 12.4 Å². The Morgan fingerprint density at radius 2 is 1.85 bits per heavy atom. The number of aliphatic hydroxyl groups excluding tert-OH is 1. The van der Waals surface area contributed by atoms with Gasteiger partial charge in [0.25, 0.3) is 5.24 Å². The molecule has 0 atom stereocenters. The number of likely N-dealkylation sites (tertiary alicyclic amines) is 1. The van der Waals surface area contributed by atoms with Crippen molar-refractivity contribution in [1.82, 2.24) is 10.2 Å². The van der Waals surface area contributed by atoms with Crippen molar-refractivity contribution in [3.8, 4) is 0 Å². The Bertz CT molecular complexity index is 922. The van der Waals surface area contributed by atoms with Crippen molar-refractivity contribution in [2.24, 2.45) is 10.9 Å². The highest BCUT2D eigenvalue weighted by atomic mass is 32.2. The van der Waals surface area contributed by atoms with Crippen LogP contribution in [0.3, 0.4) is 0 Å². The summed E-state index contributed by atoms with van der Waals surface area (Å²) < 4.78 is 78.8. The summed E-state index contributed by atoms with van der Waals surface area (Å²) in [5.41, 5.74) is -2.78. The van der Waals surface area contributed by atoms with Crippen molar-refractivity contribution in [1.29, 1.82) is 0 Å². The molecule has 2 aliphatic rings. The minimum Gasteiger partial charge on any atom is -0.396 e. The van der Waals surface area contributed by atoms with Crippen molar-refractivity contribution in [2.75, 3.05) is 26.2 Å². The van der Waals surface area contributed by atoms with E-state index < -0.39 is 23.5 Å². The molecule has 12 heteroatoms. The van der Waals surface area contributed by atoms with Crippen LogP contribution in [0.1, 0.15) is 36.0 Å². The van der Waals surface area contributed by atoms with E-state index in [9.17, 15) is 31.1 Å². The van der Waals surface area contributed by atoms with Crippen molar-refractivity contribution in [3.05, 3.63) is 45.9 Å². The van der Waals surface area contributed by atoms with Gasteiger partial charge in [-0.05, 0) is 67.7 Å². The molecule has 5 nitrogen and oxygen atoms in total. The number of allylic oxidation sites excluding steroid dienone is 1. The summed E-state index contributed by atoms with van der Waals surface area (Å²) >= 11 is 1.02. The number of carbonyl (C=O) groups is 1. The van der Waals surface area contributed by atoms with Gasteiger partial charge in [-0.15, -0.1) is 0 Å². The van der Waals surface area contributed by atoms with Crippen LogP contribution in [0, 0.1) is 5.92 Å². The maximum atomic E-state index is 13.4. The molecular formula is C21H23F6N3O2S. The van der Waals surface area contributed by atoms with Gasteiger partial charge in [0.1, 0.15) is 5.84 Å². The third kappa shape index (κ3) is 6.97. The summed E-state index contributed by atoms with van der Waals surface area (Å²) in [4.78, 5) is 18.5. The number of nitrogens with zero attached hydrogens (tertiary/aromatic N) is 2. The number of rotatable bonds is 6. The lowest BCUT2D eigenvalue weighted by Gasteiger charge is -2.31. The van der Waals surface area contributed by atoms with Gasteiger partial charge in [0.05, 0.1) is 16.0 Å². The molecule has 1 aromatic carbocycles. The second-order valence-corrected chi connectivity index (χ2v) is 8.85. The number of amidine groups is 1. The van der Waals surface area contributed by atoms with E-state index in [1.54, 1.807) is 4.90 Å². The Morgan fingerprint density at radius 3 is 2.45 bits per heavy atom. The smallest absolute Gasteiger partial charge is 0.396 e. The molecule has 2 saturated heterocycles. The zero-order valence-electron chi connectivity index (χ0n) is 17.5. The number of amides is 1. The Labute approximate surface area is 190 Å². The van der Waals surface area contributed by atoms with Crippen LogP contribution in [-0.2, 0) is 18.9 Å². The molecule has 2 N–H and O–H groups in total. The van der Waals surface area contributed by atoms with E-state index in [4.69, 9.17) is 5.11 Å². The van der Waals surface area contributed by atoms with Crippen LogP contribution in [0.5, 0.6) is 0 Å². The second-order valence-electron chi connectivity index (χ2n) is 7.83. The predicted molar refractivity (Wildman–Crippen MR) is 113 cm³/mol. The maximum Gasteiger partial charge on any atom is 0.416 e. The van der Waals surface area contributed by atoms with E-state index in [-0.39, 0.29) is 35.9 Å². The Balaban J connectivity index is 1.65. The first-order chi connectivity index (χ1) is 15.5. The summed E-state index contributed by atoms with van der Waals surface area (Å²) in [7, 11) is 0. The quantitative estimate of drug-likeness (QED) is 0.428. The molecule has 1 aromatic rings. The Morgan fingerprint density at radius 1 is 1.15 bits per heavy atom. The third-order valence-corrected chi connectivity index (χ3v) is 6.24. The molecule has 2 heterocycles. The summed E-state index contributed by atoms with van der Waals surface area (Å²) in [5.74, 6) is 0.551. The molecular weight excluding hydrogens is 472 g/mol. The first-order valence-corrected chi connectivity index (χ1v) is 11.1. The average Bonchev–Trinajstić information content (AvgIpc) is 3.07. The lowest BCUT2D eigenvalue weighted by atomic mass is 9.95. The number of hydrogen-bond acceptors (Lipinski definition) is 5. The number of thioether (sulfide) groups is 1. The molecule has 2 fully saturated rings. The van der Waals surface area contributed by atoms with Gasteiger partial charge in [-0.25, -0.2) is 0 Å². The van der Waals surface area contributed by atoms with Gasteiger partial charge in [0, 0.05) is 19.7 Å². The lowest BCUT2D eigenvalue weighted by Crippen LogP contribution is -2.33. The summed E-state index contributed by atoms with van der Waals surface area (Å²) in [6.07, 6.45) is -6.08. The molecule has 0 spiro atoms. The van der Waals surface area contributed by atoms with E-state index in [0.29, 0.717) is 55.7 Å². The van der Waals surface area contributed by atoms with Gasteiger partial charge in [-0.2, -0.15) is 26.3 Å². The summed E-state index contributed by atoms with van der Waals surface area (Å²) in [6, 6.07) is 1.76. The fourth-order valence-corrected chi connectivity index (χ4v) is 4.53. The topological polar surface area (TPSA) is 64.9 Å². The molecule has 182 valence electrons. The summed E-state index contributed by atoms with van der Waals surface area (Å²) in [5, 5.41) is 11.3. The number of nitrogens with one attached hydrogen (secondary N) is 1. The Hall–Kier alpha value is -2.05. The Kier molecular flexibility index (Phi) is 8.12. The normalized spacial score (nSPS) is 21.2. The highest BCUT2D eigenvalue weighted by Crippen LogP contribution is 2.38. The molecule has 1 amide bonds. The molecule has 0 radical (unpaired) electrons. The minimum absolute atomic E-state index is 0.00956. The minimum atomic E-state index is -4.88. The fourth-order valence-electron chi connectivity index (χ4n) is 3.71. The van der Waals surface area contributed by atoms with Crippen molar-refractivity contribution >= 4 is 22.8 Å². The zero-order chi connectivity index (χ0) is 24.2. The number of piperidine rings is 1. The standard InChI is InChI=1S/C21H23F6N3O2S/c22-20(23,24)15-3-2-14(16(11-15)21(25,26)27)12-30-7-4-13(5-8-30)10-17-18(28-6-1-9-31)29-19(32)33-17/h2-3,10-11,13,31H,1,4-9,12H2,(H,28,29,32). The van der Waals surface area contributed by atoms with Crippen LogP contribution in [0.25, 0.3) is 0 Å². The molecule has 2 aliphatic heterocycles. The fraction of sp³-hybridized carbons (Fsp3) is 0.524. The van der Waals surface area contributed by atoms with Crippen molar-refractivity contribution < 1.29 is 36.2 Å². The van der Waals surface area contributed by atoms with Crippen molar-refractivity contribution in [2.45, 2.75) is 38.2 Å². The maximum absolute atomic E-state index is 13.4. The number of alkyl halides is 6. The van der Waals surface area contributed by atoms with Gasteiger partial charge in [0.15, 0.2) is 0 Å². The van der Waals surface area contributed by atoms with Crippen LogP contribution in [-0.4, -0.2) is 47.3 Å². The first-order valence-electron chi connectivity index (χ1n) is 10.3. The highest BCUT2D eigenvalue weighted by Gasteiger charge is 2.38. The number of hydrogen-bond donors (Lipinski definition) is 2. The summed E-state index contributed by atoms with van der Waals surface area (Å²) in [6.45, 7) is 1.20. The van der Waals surface area contributed by atoms with Crippen LogP contribution < -0.4 is 5.32 Å². The molecule has 0 unspecified atom stereocenters. The second kappa shape index (κ2) is 10.5. The average molecular weight is 495 g/mol. The number of carbonyl (C=O) groups excluding carboxylic acids is 1. The molecule has 0 aliphatic carbocycles. The zero-order valence-corrected chi connectivity index (χ0v) is 18.3. The highest BCUT2D eigenvalue weighted by molar-refractivity contribution is 8.18. The lowest BCUT2D eigenvalue weighted by molar-refractivity contribution is -0.143. The van der Waals surface area contributed by atoms with Crippen LogP contribution in [0.4, 0.5) is 31.1 Å². The molecule has 0 saturated carbocycles. The number of benzene rings is 1. The monoisotopic (exact) mass is 495 g/mol. The van der Waals surface area contributed by atoms with Gasteiger partial charge in [-0.1, -0.05) is 12.1 Å². The predicted octanol–water partition coefficient (Wildman–Crippen LogP) is 5.06. The van der Waals surface area contributed by atoms with E-state index >= 15 is 0 Å². The van der Waals surface area contributed by atoms with E-state index in [1.165, 1.54) is 0 Å². The SMILES string of the molecule is O=C1NC(=NCCCO)C(=CC2CCN(Cc3ccc(C(F)(F)F)cc3C(F)(F)F)CC2)S1. The van der Waals surface area contributed by atoms with E-state index in [0.717, 1.165) is 17.8 Å². The van der Waals surface area contributed by atoms with E-state index in [1.807, 2.05) is 6.08 Å². The van der Waals surface area contributed by atoms with E-state index in [2.05, 4.69) is 10.3 Å². The first kappa shape index (κ1) is 25.6. The number of halogens is 6. The number of aliphatic imine (C=N–C) groups is 1. The molecule has 3 rings (SSSR count). The van der Waals surface area contributed by atoms with Crippen LogP contribution in [0.15, 0.2) is 34.2 Å².